The molecule has 0 N–H and O–H groups in total. The SMILES string of the molecule is CSc1ccc2c(c1)c1cc(SC)cc3c1n2-c1cc(-c2ccc(-c4nc(-c5ccccc5)nc(-c5ccccc5)n4)cc2)c(-c2ccccc2)c2c1B3n1c3ccccc3c3cccc-2c31. The van der Waals surface area contributed by atoms with E-state index in [1.807, 2.05) is 48.2 Å². The van der Waals surface area contributed by atoms with Crippen LogP contribution in [0.3, 0.4) is 0 Å². The Morgan fingerprint density at radius 1 is 0.403 bits per heavy atom. The Balaban J connectivity index is 1.08. The molecule has 0 atom stereocenters. The predicted molar refractivity (Wildman–Crippen MR) is 284 cm³/mol. The van der Waals surface area contributed by atoms with Gasteiger partial charge in [0.2, 0.25) is 0 Å². The Bertz CT molecular complexity index is 3940. The van der Waals surface area contributed by atoms with Gasteiger partial charge in [0, 0.05) is 70.3 Å². The fraction of sp³-hybridized carbons (Fsp3) is 0.0339. The van der Waals surface area contributed by atoms with E-state index >= 15 is 0 Å². The number of hydrogen-bond donors (Lipinski definition) is 0. The van der Waals surface area contributed by atoms with Gasteiger partial charge in [-0.2, -0.15) is 0 Å². The fourth-order valence-corrected chi connectivity index (χ4v) is 12.0. The Hall–Kier alpha value is -7.65. The second-order valence-corrected chi connectivity index (χ2v) is 19.2. The Kier molecular flexibility index (Phi) is 8.61. The molecule has 0 aliphatic carbocycles. The fourth-order valence-electron chi connectivity index (χ4n) is 11.1. The topological polar surface area (TPSA) is 48.5 Å². The van der Waals surface area contributed by atoms with Crippen LogP contribution in [0.25, 0.3) is 117 Å². The zero-order valence-electron chi connectivity index (χ0n) is 36.6. The molecule has 8 heteroatoms. The number of thioether (sulfide) groups is 2. The normalized spacial score (nSPS) is 12.4. The van der Waals surface area contributed by atoms with E-state index in [1.165, 1.54) is 97.8 Å². The molecule has 5 heterocycles. The highest BCUT2D eigenvalue weighted by Crippen LogP contribution is 2.50. The van der Waals surface area contributed by atoms with Crippen molar-refractivity contribution >= 4 is 84.9 Å². The van der Waals surface area contributed by atoms with Crippen LogP contribution in [0.1, 0.15) is 0 Å². The van der Waals surface area contributed by atoms with Crippen LogP contribution in [0, 0.1) is 0 Å². The number of benzene rings is 9. The molecular weight excluding hydrogens is 854 g/mol. The first-order valence-corrected chi connectivity index (χ1v) is 25.1. The van der Waals surface area contributed by atoms with Crippen LogP contribution < -0.4 is 10.9 Å². The maximum atomic E-state index is 5.09. The Morgan fingerprint density at radius 2 is 0.985 bits per heavy atom. The van der Waals surface area contributed by atoms with Gasteiger partial charge in [0.15, 0.2) is 17.5 Å². The van der Waals surface area contributed by atoms with Crippen molar-refractivity contribution in [1.29, 1.82) is 0 Å². The molecule has 2 aliphatic heterocycles. The molecule has 9 aromatic carbocycles. The minimum atomic E-state index is -0.0610. The smallest absolute Gasteiger partial charge is 0.333 e. The maximum absolute atomic E-state index is 5.09. The summed E-state index contributed by atoms with van der Waals surface area (Å²) in [6, 6.07) is 70.6. The molecule has 314 valence electrons. The molecule has 0 unspecified atom stereocenters. The predicted octanol–water partition coefficient (Wildman–Crippen LogP) is 13.8. The van der Waals surface area contributed by atoms with E-state index in [4.69, 9.17) is 15.0 Å². The van der Waals surface area contributed by atoms with Gasteiger partial charge < -0.3 is 9.05 Å². The molecule has 0 amide bonds. The number of aromatic nitrogens is 5. The van der Waals surface area contributed by atoms with Crippen LogP contribution in [-0.2, 0) is 0 Å². The molecule has 0 saturated heterocycles. The van der Waals surface area contributed by atoms with Crippen LogP contribution in [-0.4, -0.2) is 43.4 Å². The summed E-state index contributed by atoms with van der Waals surface area (Å²) in [5.74, 6) is 1.93. The molecule has 67 heavy (non-hydrogen) atoms. The van der Waals surface area contributed by atoms with Crippen LogP contribution in [0.4, 0.5) is 0 Å². The first kappa shape index (κ1) is 38.6. The highest BCUT2D eigenvalue weighted by molar-refractivity contribution is 7.98. The molecule has 12 aromatic rings. The Morgan fingerprint density at radius 3 is 1.66 bits per heavy atom. The molecule has 2 aliphatic rings. The van der Waals surface area contributed by atoms with E-state index < -0.39 is 0 Å². The van der Waals surface area contributed by atoms with Gasteiger partial charge in [-0.25, -0.2) is 15.0 Å². The van der Waals surface area contributed by atoms with Gasteiger partial charge in [-0.15, -0.1) is 23.5 Å². The van der Waals surface area contributed by atoms with Crippen molar-refractivity contribution in [2.24, 2.45) is 0 Å². The average Bonchev–Trinajstić information content (AvgIpc) is 3.92. The lowest BCUT2D eigenvalue weighted by Crippen LogP contribution is -2.55. The molecule has 3 aromatic heterocycles. The molecule has 0 bridgehead atoms. The summed E-state index contributed by atoms with van der Waals surface area (Å²) >= 11 is 3.63. The van der Waals surface area contributed by atoms with E-state index in [2.05, 4.69) is 179 Å². The van der Waals surface area contributed by atoms with Crippen molar-refractivity contribution in [2.45, 2.75) is 9.79 Å². The highest BCUT2D eigenvalue weighted by atomic mass is 32.2. The van der Waals surface area contributed by atoms with Crippen molar-refractivity contribution in [3.63, 3.8) is 0 Å². The number of fused-ring (bicyclic) bond motifs is 10. The van der Waals surface area contributed by atoms with E-state index in [0.717, 1.165) is 22.3 Å². The van der Waals surface area contributed by atoms with Crippen LogP contribution in [0.15, 0.2) is 204 Å². The summed E-state index contributed by atoms with van der Waals surface area (Å²) in [5, 5.41) is 5.14. The highest BCUT2D eigenvalue weighted by Gasteiger charge is 2.43. The lowest BCUT2D eigenvalue weighted by Gasteiger charge is -2.36. The second-order valence-electron chi connectivity index (χ2n) is 17.4. The summed E-state index contributed by atoms with van der Waals surface area (Å²) in [6.07, 6.45) is 4.38. The van der Waals surface area contributed by atoms with Gasteiger partial charge in [0.1, 0.15) is 0 Å². The third-order valence-corrected chi connectivity index (χ3v) is 15.4. The quantitative estimate of drug-likeness (QED) is 0.118. The van der Waals surface area contributed by atoms with E-state index in [1.54, 1.807) is 11.8 Å². The summed E-state index contributed by atoms with van der Waals surface area (Å²) in [5.41, 5.74) is 19.1. The molecule has 14 rings (SSSR count). The van der Waals surface area contributed by atoms with E-state index in [9.17, 15) is 0 Å². The van der Waals surface area contributed by atoms with Gasteiger partial charge >= 0.3 is 6.85 Å². The van der Waals surface area contributed by atoms with Crippen molar-refractivity contribution < 1.29 is 0 Å². The molecular formula is C59H38BN5S2. The molecule has 0 radical (unpaired) electrons. The maximum Gasteiger partial charge on any atom is 0.333 e. The van der Waals surface area contributed by atoms with Gasteiger partial charge in [-0.05, 0) is 93.7 Å². The lowest BCUT2D eigenvalue weighted by atomic mass is 9.45. The number of nitrogens with zero attached hydrogens (tertiary/aromatic N) is 5. The van der Waals surface area contributed by atoms with E-state index in [0.29, 0.717) is 17.5 Å². The second kappa shape index (κ2) is 14.9. The summed E-state index contributed by atoms with van der Waals surface area (Å²) < 4.78 is 5.26. The van der Waals surface area contributed by atoms with Crippen molar-refractivity contribution in [3.8, 4) is 73.2 Å². The van der Waals surface area contributed by atoms with Gasteiger partial charge in [0.05, 0.1) is 11.0 Å². The van der Waals surface area contributed by atoms with Gasteiger partial charge in [0.25, 0.3) is 0 Å². The molecule has 5 nitrogen and oxygen atoms in total. The first-order valence-electron chi connectivity index (χ1n) is 22.6. The lowest BCUT2D eigenvalue weighted by molar-refractivity contribution is 1.07. The number of para-hydroxylation sites is 2. The number of hydrogen-bond acceptors (Lipinski definition) is 5. The van der Waals surface area contributed by atoms with Gasteiger partial charge in [-0.3, -0.25) is 0 Å². The van der Waals surface area contributed by atoms with Crippen molar-refractivity contribution in [1.82, 2.24) is 24.0 Å². The standard InChI is InChI=1S/C59H38BN5S2/c1-66-40-29-30-49-46(31-40)47-32-41(67-2)33-48-56(47)64(49)51-34-45(35-25-27-39(28-26-35)59-62-57(37-17-8-4-9-18-37)61-58(63-59)38-19-10-5-11-20-38)52(36-15-6-3-7-16-36)53-44-23-14-22-43-42-21-12-13-24-50(42)65(55(43)44)60(48)54(51)53/h3-34H,1-2H3. The molecule has 0 saturated carbocycles. The third kappa shape index (κ3) is 5.70. The minimum Gasteiger partial charge on any atom is -0.375 e. The summed E-state index contributed by atoms with van der Waals surface area (Å²) in [6.45, 7) is -0.0610. The summed E-state index contributed by atoms with van der Waals surface area (Å²) in [7, 11) is 0. The summed E-state index contributed by atoms with van der Waals surface area (Å²) in [4.78, 5) is 17.7. The third-order valence-electron chi connectivity index (χ3n) is 13.9. The number of rotatable bonds is 7. The monoisotopic (exact) mass is 891 g/mol. The van der Waals surface area contributed by atoms with Crippen LogP contribution in [0.2, 0.25) is 0 Å². The molecule has 0 fully saturated rings. The zero-order chi connectivity index (χ0) is 44.3. The zero-order valence-corrected chi connectivity index (χ0v) is 38.2. The van der Waals surface area contributed by atoms with Crippen LogP contribution >= 0.6 is 23.5 Å². The van der Waals surface area contributed by atoms with Gasteiger partial charge in [-0.1, -0.05) is 152 Å². The first-order chi connectivity index (χ1) is 33.1. The average molecular weight is 892 g/mol. The Labute approximate surface area is 396 Å². The largest absolute Gasteiger partial charge is 0.375 e. The van der Waals surface area contributed by atoms with E-state index in [-0.39, 0.29) is 6.85 Å². The van der Waals surface area contributed by atoms with Crippen LogP contribution in [0.5, 0.6) is 0 Å². The molecule has 0 spiro atoms. The van der Waals surface area contributed by atoms with Crippen molar-refractivity contribution in [2.75, 3.05) is 12.5 Å². The van der Waals surface area contributed by atoms with Crippen molar-refractivity contribution in [3.05, 3.63) is 194 Å². The minimum absolute atomic E-state index is 0.0610.